The zero-order chi connectivity index (χ0) is 16.6. The highest BCUT2D eigenvalue weighted by molar-refractivity contribution is 6.04. The minimum absolute atomic E-state index is 0.349. The van der Waals surface area contributed by atoms with E-state index in [9.17, 15) is 14.7 Å². The van der Waals surface area contributed by atoms with Crippen LogP contribution in [0.15, 0.2) is 42.7 Å². The second-order valence-electron chi connectivity index (χ2n) is 5.54. The largest absolute Gasteiger partial charge is 0.386 e. The molecule has 2 N–H and O–H groups in total. The molecule has 1 aliphatic heterocycles. The first-order chi connectivity index (χ1) is 11.0. The standard InChI is InChI=1S/C17H17N3O3/c1-10-4-3-5-12-13(10)15(21)14(17(23)20(12)2)19-16(22)11-6-8-18-9-7-11/h3-9,14-15,21H,1-2H3,(H,19,22). The van der Waals surface area contributed by atoms with Crippen molar-refractivity contribution in [2.45, 2.75) is 19.1 Å². The molecule has 2 aromatic rings. The number of aryl methyl sites for hydroxylation is 1. The zero-order valence-corrected chi connectivity index (χ0v) is 12.9. The van der Waals surface area contributed by atoms with Gasteiger partial charge in [0.15, 0.2) is 0 Å². The van der Waals surface area contributed by atoms with E-state index >= 15 is 0 Å². The number of hydrogen-bond donors (Lipinski definition) is 2. The van der Waals surface area contributed by atoms with E-state index in [-0.39, 0.29) is 5.91 Å². The third-order valence-electron chi connectivity index (χ3n) is 4.10. The SMILES string of the molecule is Cc1cccc2c1C(O)C(NC(=O)c1ccncc1)C(=O)N2C. The minimum atomic E-state index is -1.08. The van der Waals surface area contributed by atoms with Crippen molar-refractivity contribution >= 4 is 17.5 Å². The summed E-state index contributed by atoms with van der Waals surface area (Å²) in [5.41, 5.74) is 2.59. The average molecular weight is 311 g/mol. The van der Waals surface area contributed by atoms with Gasteiger partial charge >= 0.3 is 0 Å². The van der Waals surface area contributed by atoms with Gasteiger partial charge in [0.2, 0.25) is 0 Å². The second kappa shape index (κ2) is 5.81. The smallest absolute Gasteiger partial charge is 0.252 e. The number of aliphatic hydroxyl groups is 1. The summed E-state index contributed by atoms with van der Waals surface area (Å²) >= 11 is 0. The van der Waals surface area contributed by atoms with Crippen molar-refractivity contribution in [2.24, 2.45) is 0 Å². The normalized spacial score (nSPS) is 20.1. The Morgan fingerprint density at radius 3 is 2.65 bits per heavy atom. The molecule has 1 aliphatic rings. The van der Waals surface area contributed by atoms with E-state index in [4.69, 9.17) is 0 Å². The molecule has 2 amide bonds. The molecule has 0 saturated carbocycles. The fourth-order valence-corrected chi connectivity index (χ4v) is 2.84. The zero-order valence-electron chi connectivity index (χ0n) is 12.9. The van der Waals surface area contributed by atoms with Gasteiger partial charge in [0.05, 0.1) is 0 Å². The number of aliphatic hydroxyl groups excluding tert-OH is 1. The van der Waals surface area contributed by atoms with Crippen LogP contribution in [0, 0.1) is 6.92 Å². The van der Waals surface area contributed by atoms with Crippen LogP contribution in [0.1, 0.15) is 27.6 Å². The number of nitrogens with zero attached hydrogens (tertiary/aromatic N) is 2. The maximum absolute atomic E-state index is 12.5. The molecule has 0 fully saturated rings. The highest BCUT2D eigenvalue weighted by atomic mass is 16.3. The van der Waals surface area contributed by atoms with E-state index in [0.29, 0.717) is 16.8 Å². The van der Waals surface area contributed by atoms with Crippen LogP contribution in [0.2, 0.25) is 0 Å². The Kier molecular flexibility index (Phi) is 3.83. The van der Waals surface area contributed by atoms with Gasteiger partial charge in [0.1, 0.15) is 12.1 Å². The fraction of sp³-hybridized carbons (Fsp3) is 0.235. The van der Waals surface area contributed by atoms with Gasteiger partial charge < -0.3 is 15.3 Å². The molecule has 0 bridgehead atoms. The van der Waals surface area contributed by atoms with Crippen molar-refractivity contribution in [3.63, 3.8) is 0 Å². The van der Waals surface area contributed by atoms with E-state index in [0.717, 1.165) is 5.56 Å². The topological polar surface area (TPSA) is 82.5 Å². The van der Waals surface area contributed by atoms with Crippen LogP contribution in [0.4, 0.5) is 5.69 Å². The number of benzene rings is 1. The van der Waals surface area contributed by atoms with E-state index in [1.165, 1.54) is 17.3 Å². The lowest BCUT2D eigenvalue weighted by atomic mass is 9.90. The molecular formula is C17H17N3O3. The molecule has 3 rings (SSSR count). The highest BCUT2D eigenvalue weighted by Gasteiger charge is 2.39. The number of carbonyl (C=O) groups excluding carboxylic acids is 2. The summed E-state index contributed by atoms with van der Waals surface area (Å²) < 4.78 is 0. The molecule has 2 atom stereocenters. The molecule has 6 nitrogen and oxygen atoms in total. The molecule has 0 saturated heterocycles. The number of nitrogens with one attached hydrogen (secondary N) is 1. The molecule has 23 heavy (non-hydrogen) atoms. The molecule has 0 radical (unpaired) electrons. The minimum Gasteiger partial charge on any atom is -0.386 e. The van der Waals surface area contributed by atoms with Crippen molar-refractivity contribution in [3.8, 4) is 0 Å². The van der Waals surface area contributed by atoms with Gasteiger partial charge in [-0.15, -0.1) is 0 Å². The van der Waals surface area contributed by atoms with Gasteiger partial charge in [-0.05, 0) is 30.7 Å². The molecule has 1 aromatic heterocycles. The van der Waals surface area contributed by atoms with Crippen LogP contribution >= 0.6 is 0 Å². The number of likely N-dealkylation sites (N-methyl/N-ethyl adjacent to an activating group) is 1. The molecule has 6 heteroatoms. The van der Waals surface area contributed by atoms with Crippen LogP contribution in [-0.2, 0) is 4.79 Å². The van der Waals surface area contributed by atoms with Crippen LogP contribution in [-0.4, -0.2) is 35.0 Å². The lowest BCUT2D eigenvalue weighted by Gasteiger charge is -2.36. The fourth-order valence-electron chi connectivity index (χ4n) is 2.84. The van der Waals surface area contributed by atoms with Gasteiger partial charge in [0, 0.05) is 36.3 Å². The summed E-state index contributed by atoms with van der Waals surface area (Å²) in [6.45, 7) is 1.87. The van der Waals surface area contributed by atoms with Gasteiger partial charge in [-0.1, -0.05) is 12.1 Å². The summed E-state index contributed by atoms with van der Waals surface area (Å²) in [5, 5.41) is 13.2. The number of hydrogen-bond acceptors (Lipinski definition) is 4. The number of fused-ring (bicyclic) bond motifs is 1. The molecule has 1 aromatic carbocycles. The molecular weight excluding hydrogens is 294 g/mol. The Morgan fingerprint density at radius 1 is 1.26 bits per heavy atom. The first kappa shape index (κ1) is 15.2. The van der Waals surface area contributed by atoms with Crippen LogP contribution in [0.25, 0.3) is 0 Å². The maximum Gasteiger partial charge on any atom is 0.252 e. The number of aromatic nitrogens is 1. The summed E-state index contributed by atoms with van der Waals surface area (Å²) in [7, 11) is 1.64. The predicted molar refractivity (Wildman–Crippen MR) is 85.0 cm³/mol. The quantitative estimate of drug-likeness (QED) is 0.873. The van der Waals surface area contributed by atoms with Crippen molar-refractivity contribution in [3.05, 3.63) is 59.4 Å². The Balaban J connectivity index is 1.93. The molecule has 2 unspecified atom stereocenters. The Hall–Kier alpha value is -2.73. The number of anilines is 1. The molecule has 118 valence electrons. The molecule has 0 aliphatic carbocycles. The number of pyridine rings is 1. The number of rotatable bonds is 2. The Morgan fingerprint density at radius 2 is 1.96 bits per heavy atom. The van der Waals surface area contributed by atoms with Crippen molar-refractivity contribution in [1.82, 2.24) is 10.3 Å². The van der Waals surface area contributed by atoms with E-state index < -0.39 is 18.1 Å². The third kappa shape index (κ3) is 2.57. The Bertz CT molecular complexity index is 761. The third-order valence-corrected chi connectivity index (χ3v) is 4.10. The van der Waals surface area contributed by atoms with E-state index in [1.807, 2.05) is 19.1 Å². The second-order valence-corrected chi connectivity index (χ2v) is 5.54. The van der Waals surface area contributed by atoms with Crippen LogP contribution < -0.4 is 10.2 Å². The van der Waals surface area contributed by atoms with Crippen LogP contribution in [0.3, 0.4) is 0 Å². The first-order valence-electron chi connectivity index (χ1n) is 7.26. The lowest BCUT2D eigenvalue weighted by molar-refractivity contribution is -0.123. The summed E-state index contributed by atoms with van der Waals surface area (Å²) in [4.78, 5) is 30.1. The lowest BCUT2D eigenvalue weighted by Crippen LogP contribution is -2.54. The van der Waals surface area contributed by atoms with Crippen molar-refractivity contribution in [1.29, 1.82) is 0 Å². The van der Waals surface area contributed by atoms with Gasteiger partial charge in [0.25, 0.3) is 11.8 Å². The molecule has 2 heterocycles. The Labute approximate surface area is 133 Å². The van der Waals surface area contributed by atoms with E-state index in [1.54, 1.807) is 25.2 Å². The summed E-state index contributed by atoms with van der Waals surface area (Å²) in [6.07, 6.45) is 1.92. The molecule has 0 spiro atoms. The first-order valence-corrected chi connectivity index (χ1v) is 7.26. The van der Waals surface area contributed by atoms with Crippen LogP contribution in [0.5, 0.6) is 0 Å². The highest BCUT2D eigenvalue weighted by Crippen LogP contribution is 2.36. The summed E-state index contributed by atoms with van der Waals surface area (Å²) in [5.74, 6) is -0.770. The summed E-state index contributed by atoms with van der Waals surface area (Å²) in [6, 6.07) is 7.57. The predicted octanol–water partition coefficient (Wildman–Crippen LogP) is 1.20. The number of amides is 2. The number of carbonyl (C=O) groups is 2. The monoisotopic (exact) mass is 311 g/mol. The van der Waals surface area contributed by atoms with Crippen molar-refractivity contribution < 1.29 is 14.7 Å². The van der Waals surface area contributed by atoms with Gasteiger partial charge in [-0.25, -0.2) is 0 Å². The van der Waals surface area contributed by atoms with Gasteiger partial charge in [-0.3, -0.25) is 14.6 Å². The van der Waals surface area contributed by atoms with E-state index in [2.05, 4.69) is 10.3 Å². The van der Waals surface area contributed by atoms with Crippen molar-refractivity contribution in [2.75, 3.05) is 11.9 Å². The maximum atomic E-state index is 12.5. The van der Waals surface area contributed by atoms with Gasteiger partial charge in [-0.2, -0.15) is 0 Å². The average Bonchev–Trinajstić information content (AvgIpc) is 2.57.